The first-order chi connectivity index (χ1) is 10.1. The fraction of sp³-hybridized carbons (Fsp3) is 0.667. The average molecular weight is 292 g/mol. The van der Waals surface area contributed by atoms with Crippen LogP contribution >= 0.6 is 0 Å². The second-order valence-corrected chi connectivity index (χ2v) is 5.60. The fourth-order valence-electron chi connectivity index (χ4n) is 2.32. The van der Waals surface area contributed by atoms with Gasteiger partial charge in [-0.2, -0.15) is 0 Å². The molecular formula is C15H24N4O2. The van der Waals surface area contributed by atoms with E-state index in [1.165, 1.54) is 0 Å². The Morgan fingerprint density at radius 1 is 1.43 bits per heavy atom. The zero-order valence-electron chi connectivity index (χ0n) is 13.1. The Morgan fingerprint density at radius 2 is 2.24 bits per heavy atom. The third-order valence-corrected chi connectivity index (χ3v) is 3.61. The smallest absolute Gasteiger partial charge is 0.233 e. The van der Waals surface area contributed by atoms with E-state index in [4.69, 9.17) is 4.74 Å². The molecule has 0 aliphatic carbocycles. The minimum Gasteiger partial charge on any atom is -0.471 e. The summed E-state index contributed by atoms with van der Waals surface area (Å²) in [5.74, 6) is 1.55. The minimum atomic E-state index is 0.0232. The number of carbonyl (C=O) groups excluding carboxylic acids is 1. The number of ether oxygens (including phenoxy) is 1. The number of aromatic nitrogens is 2. The maximum atomic E-state index is 12.0. The summed E-state index contributed by atoms with van der Waals surface area (Å²) >= 11 is 0. The third kappa shape index (κ3) is 4.31. The van der Waals surface area contributed by atoms with Crippen LogP contribution in [0, 0.1) is 0 Å². The summed E-state index contributed by atoms with van der Waals surface area (Å²) in [6.07, 6.45) is 3.52. The highest BCUT2D eigenvalue weighted by Crippen LogP contribution is 2.18. The van der Waals surface area contributed by atoms with Gasteiger partial charge in [-0.3, -0.25) is 4.79 Å². The van der Waals surface area contributed by atoms with E-state index in [1.807, 2.05) is 36.0 Å². The van der Waals surface area contributed by atoms with Crippen LogP contribution in [0.5, 0.6) is 5.88 Å². The van der Waals surface area contributed by atoms with E-state index >= 15 is 0 Å². The molecule has 1 saturated heterocycles. The van der Waals surface area contributed by atoms with E-state index < -0.39 is 0 Å². The lowest BCUT2D eigenvalue weighted by Crippen LogP contribution is -2.30. The number of hydrogen-bond acceptors (Lipinski definition) is 5. The zero-order valence-corrected chi connectivity index (χ0v) is 13.1. The maximum absolute atomic E-state index is 12.0. The standard InChI is InChI=1S/C15H24N4O2/c1-4-5-6-15(20)19-10-9-12(11-19)21-14-8-7-13(16-17-14)18(2)3/h7-8,12H,4-6,9-11H2,1-3H3. The highest BCUT2D eigenvalue weighted by Gasteiger charge is 2.27. The molecule has 0 saturated carbocycles. The molecule has 2 heterocycles. The van der Waals surface area contributed by atoms with Crippen LogP contribution in [0.25, 0.3) is 0 Å². The SMILES string of the molecule is CCCCC(=O)N1CCC(Oc2ccc(N(C)C)nn2)C1. The maximum Gasteiger partial charge on any atom is 0.233 e. The Hall–Kier alpha value is -1.85. The Kier molecular flexibility index (Phi) is 5.36. The number of carbonyl (C=O) groups is 1. The summed E-state index contributed by atoms with van der Waals surface area (Å²) in [6, 6.07) is 3.70. The number of hydrogen-bond donors (Lipinski definition) is 0. The first-order valence-electron chi connectivity index (χ1n) is 7.55. The van der Waals surface area contributed by atoms with Crippen molar-refractivity contribution >= 4 is 11.7 Å². The van der Waals surface area contributed by atoms with Gasteiger partial charge in [0.1, 0.15) is 6.10 Å². The van der Waals surface area contributed by atoms with E-state index in [-0.39, 0.29) is 12.0 Å². The highest BCUT2D eigenvalue weighted by molar-refractivity contribution is 5.76. The second kappa shape index (κ2) is 7.24. The topological polar surface area (TPSA) is 58.6 Å². The normalized spacial score (nSPS) is 17.9. The Labute approximate surface area is 126 Å². The molecule has 0 radical (unpaired) electrons. The number of likely N-dealkylation sites (tertiary alicyclic amines) is 1. The van der Waals surface area contributed by atoms with E-state index in [9.17, 15) is 4.79 Å². The van der Waals surface area contributed by atoms with Crippen molar-refractivity contribution in [2.24, 2.45) is 0 Å². The number of anilines is 1. The van der Waals surface area contributed by atoms with Crippen molar-refractivity contribution in [2.45, 2.75) is 38.7 Å². The summed E-state index contributed by atoms with van der Waals surface area (Å²) in [5.41, 5.74) is 0. The molecule has 0 N–H and O–H groups in total. The van der Waals surface area contributed by atoms with E-state index in [1.54, 1.807) is 0 Å². The van der Waals surface area contributed by atoms with Gasteiger partial charge in [-0.25, -0.2) is 0 Å². The van der Waals surface area contributed by atoms with Crippen molar-refractivity contribution in [1.29, 1.82) is 0 Å². The van der Waals surface area contributed by atoms with Gasteiger partial charge in [0.15, 0.2) is 5.82 Å². The lowest BCUT2D eigenvalue weighted by atomic mass is 10.2. The van der Waals surface area contributed by atoms with Gasteiger partial charge in [0.25, 0.3) is 0 Å². The molecule has 0 spiro atoms. The average Bonchev–Trinajstić information content (AvgIpc) is 2.94. The molecule has 116 valence electrons. The van der Waals surface area contributed by atoms with Gasteiger partial charge >= 0.3 is 0 Å². The van der Waals surface area contributed by atoms with E-state index in [0.717, 1.165) is 31.6 Å². The lowest BCUT2D eigenvalue weighted by molar-refractivity contribution is -0.130. The van der Waals surface area contributed by atoms with Crippen LogP contribution in [-0.4, -0.2) is 54.3 Å². The summed E-state index contributed by atoms with van der Waals surface area (Å²) in [6.45, 7) is 3.52. The van der Waals surface area contributed by atoms with Crippen molar-refractivity contribution in [3.63, 3.8) is 0 Å². The van der Waals surface area contributed by atoms with Crippen molar-refractivity contribution in [2.75, 3.05) is 32.1 Å². The number of unbranched alkanes of at least 4 members (excludes halogenated alkanes) is 1. The quantitative estimate of drug-likeness (QED) is 0.799. The van der Waals surface area contributed by atoms with E-state index in [0.29, 0.717) is 18.8 Å². The molecule has 1 fully saturated rings. The zero-order chi connectivity index (χ0) is 15.2. The van der Waals surface area contributed by atoms with Gasteiger partial charge < -0.3 is 14.5 Å². The molecule has 21 heavy (non-hydrogen) atoms. The Balaban J connectivity index is 1.83. The summed E-state index contributed by atoms with van der Waals surface area (Å²) in [5, 5.41) is 8.15. The summed E-state index contributed by atoms with van der Waals surface area (Å²) in [4.78, 5) is 15.7. The summed E-state index contributed by atoms with van der Waals surface area (Å²) in [7, 11) is 3.84. The van der Waals surface area contributed by atoms with Crippen molar-refractivity contribution < 1.29 is 9.53 Å². The van der Waals surface area contributed by atoms with Crippen molar-refractivity contribution in [1.82, 2.24) is 15.1 Å². The summed E-state index contributed by atoms with van der Waals surface area (Å²) < 4.78 is 5.81. The number of rotatable bonds is 6. The van der Waals surface area contributed by atoms with Gasteiger partial charge in [-0.1, -0.05) is 13.3 Å². The van der Waals surface area contributed by atoms with Crippen LogP contribution in [0.1, 0.15) is 32.6 Å². The molecule has 2 rings (SSSR count). The second-order valence-electron chi connectivity index (χ2n) is 5.60. The minimum absolute atomic E-state index is 0.0232. The van der Waals surface area contributed by atoms with Crippen LogP contribution in [0.2, 0.25) is 0 Å². The first-order valence-corrected chi connectivity index (χ1v) is 7.55. The monoisotopic (exact) mass is 292 g/mol. The Morgan fingerprint density at radius 3 is 2.86 bits per heavy atom. The molecule has 1 aliphatic heterocycles. The molecule has 1 atom stereocenters. The number of nitrogens with zero attached hydrogens (tertiary/aromatic N) is 4. The predicted octanol–water partition coefficient (Wildman–Crippen LogP) is 1.71. The van der Waals surface area contributed by atoms with Crippen LogP contribution < -0.4 is 9.64 Å². The predicted molar refractivity (Wildman–Crippen MR) is 81.5 cm³/mol. The molecule has 1 aliphatic rings. The molecule has 6 heteroatoms. The third-order valence-electron chi connectivity index (χ3n) is 3.61. The van der Waals surface area contributed by atoms with Gasteiger partial charge in [-0.15, -0.1) is 10.2 Å². The van der Waals surface area contributed by atoms with Crippen LogP contribution in [-0.2, 0) is 4.79 Å². The largest absolute Gasteiger partial charge is 0.471 e. The van der Waals surface area contributed by atoms with Gasteiger partial charge in [0, 0.05) is 39.5 Å². The molecule has 1 amide bonds. The molecule has 1 aromatic rings. The fourth-order valence-corrected chi connectivity index (χ4v) is 2.32. The van der Waals surface area contributed by atoms with Crippen LogP contribution in [0.3, 0.4) is 0 Å². The lowest BCUT2D eigenvalue weighted by Gasteiger charge is -2.17. The molecule has 1 unspecified atom stereocenters. The van der Waals surface area contributed by atoms with Crippen LogP contribution in [0.15, 0.2) is 12.1 Å². The van der Waals surface area contributed by atoms with Gasteiger partial charge in [-0.05, 0) is 12.5 Å². The molecular weight excluding hydrogens is 268 g/mol. The highest BCUT2D eigenvalue weighted by atomic mass is 16.5. The molecule has 0 bridgehead atoms. The molecule has 6 nitrogen and oxygen atoms in total. The van der Waals surface area contributed by atoms with E-state index in [2.05, 4.69) is 17.1 Å². The molecule has 1 aromatic heterocycles. The van der Waals surface area contributed by atoms with Gasteiger partial charge in [0.05, 0.1) is 6.54 Å². The van der Waals surface area contributed by atoms with Gasteiger partial charge in [0.2, 0.25) is 11.8 Å². The van der Waals surface area contributed by atoms with Crippen molar-refractivity contribution in [3.8, 4) is 5.88 Å². The number of amides is 1. The van der Waals surface area contributed by atoms with Crippen molar-refractivity contribution in [3.05, 3.63) is 12.1 Å². The first kappa shape index (κ1) is 15.5. The Bertz CT molecular complexity index is 461. The molecule has 0 aromatic carbocycles. The van der Waals surface area contributed by atoms with Crippen LogP contribution in [0.4, 0.5) is 5.82 Å².